The number of benzene rings is 1. The van der Waals surface area contributed by atoms with Crippen LogP contribution in [-0.2, 0) is 21.2 Å². The van der Waals surface area contributed by atoms with Crippen LogP contribution in [0.2, 0.25) is 5.02 Å². The van der Waals surface area contributed by atoms with Crippen LogP contribution in [0.25, 0.3) is 0 Å². The molecule has 2 aliphatic rings. The minimum Gasteiger partial charge on any atom is -0.339 e. The molecule has 0 bridgehead atoms. The van der Waals surface area contributed by atoms with Crippen molar-refractivity contribution >= 4 is 27.3 Å². The van der Waals surface area contributed by atoms with E-state index in [-0.39, 0.29) is 30.0 Å². The Bertz CT molecular complexity index is 731. The van der Waals surface area contributed by atoms with E-state index in [9.17, 15) is 13.2 Å². The van der Waals surface area contributed by atoms with Gasteiger partial charge in [-0.25, -0.2) is 8.42 Å². The molecule has 144 valence electrons. The highest BCUT2D eigenvalue weighted by atomic mass is 35.5. The number of nitrogens with zero attached hydrogens (tertiary/aromatic N) is 3. The van der Waals surface area contributed by atoms with Gasteiger partial charge in [0, 0.05) is 43.8 Å². The molecule has 2 fully saturated rings. The zero-order chi connectivity index (χ0) is 18.7. The van der Waals surface area contributed by atoms with E-state index in [1.807, 2.05) is 41.1 Å². The molecular formula is C18H26ClN3O3S. The molecule has 0 N–H and O–H groups in total. The van der Waals surface area contributed by atoms with Crippen LogP contribution < -0.4 is 0 Å². The normalized spacial score (nSPS) is 23.5. The summed E-state index contributed by atoms with van der Waals surface area (Å²) in [6.07, 6.45) is 0.626. The Kier molecular flexibility index (Phi) is 6.22. The number of sulfone groups is 1. The molecule has 2 heterocycles. The van der Waals surface area contributed by atoms with Crippen LogP contribution in [0.1, 0.15) is 12.0 Å². The molecule has 1 atom stereocenters. The van der Waals surface area contributed by atoms with Crippen LogP contribution in [-0.4, -0.2) is 86.3 Å². The molecule has 26 heavy (non-hydrogen) atoms. The fourth-order valence-corrected chi connectivity index (χ4v) is 5.50. The van der Waals surface area contributed by atoms with Gasteiger partial charge >= 0.3 is 0 Å². The molecule has 2 saturated heterocycles. The van der Waals surface area contributed by atoms with Gasteiger partial charge in [-0.3, -0.25) is 14.6 Å². The third-order valence-electron chi connectivity index (χ3n) is 5.26. The predicted octanol–water partition coefficient (Wildman–Crippen LogP) is 1.10. The third kappa shape index (κ3) is 5.19. The lowest BCUT2D eigenvalue weighted by molar-refractivity contribution is -0.134. The molecule has 2 aliphatic heterocycles. The van der Waals surface area contributed by atoms with Crippen molar-refractivity contribution in [3.8, 4) is 0 Å². The van der Waals surface area contributed by atoms with E-state index >= 15 is 0 Å². The lowest BCUT2D eigenvalue weighted by Crippen LogP contribution is -2.51. The van der Waals surface area contributed by atoms with Crippen LogP contribution in [0.15, 0.2) is 24.3 Å². The summed E-state index contributed by atoms with van der Waals surface area (Å²) in [6.45, 7) is 4.26. The van der Waals surface area contributed by atoms with Gasteiger partial charge in [0.1, 0.15) is 0 Å². The van der Waals surface area contributed by atoms with Crippen LogP contribution in [0.5, 0.6) is 0 Å². The zero-order valence-electron chi connectivity index (χ0n) is 15.1. The summed E-state index contributed by atoms with van der Waals surface area (Å²) in [6, 6.07) is 7.83. The van der Waals surface area contributed by atoms with Crippen LogP contribution in [0, 0.1) is 0 Å². The molecule has 1 aromatic rings. The average molecular weight is 400 g/mol. The van der Waals surface area contributed by atoms with Crippen LogP contribution in [0.4, 0.5) is 0 Å². The maximum absolute atomic E-state index is 12.5. The van der Waals surface area contributed by atoms with Crippen molar-refractivity contribution in [1.29, 1.82) is 0 Å². The summed E-state index contributed by atoms with van der Waals surface area (Å²) in [7, 11) is -1.08. The number of piperazine rings is 1. The van der Waals surface area contributed by atoms with Gasteiger partial charge in [0.15, 0.2) is 9.84 Å². The van der Waals surface area contributed by atoms with Crippen molar-refractivity contribution < 1.29 is 13.2 Å². The average Bonchev–Trinajstić information content (AvgIpc) is 2.97. The molecule has 0 saturated carbocycles. The van der Waals surface area contributed by atoms with Crippen molar-refractivity contribution in [2.45, 2.75) is 19.0 Å². The first-order valence-electron chi connectivity index (χ1n) is 8.98. The second-order valence-corrected chi connectivity index (χ2v) is 9.92. The SMILES string of the molecule is CN(CC(=O)N1CCN(Cc2ccc(Cl)cc2)CC1)C1CCS(=O)(=O)C1. The van der Waals surface area contributed by atoms with Gasteiger partial charge < -0.3 is 4.90 Å². The van der Waals surface area contributed by atoms with E-state index in [0.29, 0.717) is 19.5 Å². The van der Waals surface area contributed by atoms with Crippen molar-refractivity contribution in [3.05, 3.63) is 34.9 Å². The molecule has 3 rings (SSSR count). The molecule has 0 aromatic heterocycles. The van der Waals surface area contributed by atoms with Gasteiger partial charge in [-0.15, -0.1) is 0 Å². The van der Waals surface area contributed by atoms with Crippen molar-refractivity contribution in [2.75, 3.05) is 51.3 Å². The summed E-state index contributed by atoms with van der Waals surface area (Å²) in [4.78, 5) is 18.6. The number of amides is 1. The summed E-state index contributed by atoms with van der Waals surface area (Å²) in [5, 5.41) is 0.739. The first kappa shape index (κ1) is 19.6. The molecule has 0 spiro atoms. The van der Waals surface area contributed by atoms with Crippen LogP contribution in [0.3, 0.4) is 0 Å². The molecule has 0 aliphatic carbocycles. The Morgan fingerprint density at radius 3 is 2.42 bits per heavy atom. The molecule has 8 heteroatoms. The topological polar surface area (TPSA) is 60.9 Å². The standard InChI is InChI=1S/C18H26ClN3O3S/c1-20(17-6-11-26(24,25)14-17)13-18(23)22-9-7-21(8-10-22)12-15-2-4-16(19)5-3-15/h2-5,17H,6-14H2,1H3. The molecule has 1 aromatic carbocycles. The summed E-state index contributed by atoms with van der Waals surface area (Å²) >= 11 is 5.92. The highest BCUT2D eigenvalue weighted by molar-refractivity contribution is 7.91. The van der Waals surface area contributed by atoms with Crippen LogP contribution >= 0.6 is 11.6 Å². The van der Waals surface area contributed by atoms with Crippen molar-refractivity contribution in [2.24, 2.45) is 0 Å². The fraction of sp³-hybridized carbons (Fsp3) is 0.611. The number of carbonyl (C=O) groups is 1. The maximum atomic E-state index is 12.5. The largest absolute Gasteiger partial charge is 0.339 e. The fourth-order valence-electron chi connectivity index (χ4n) is 3.57. The Morgan fingerprint density at radius 2 is 1.85 bits per heavy atom. The highest BCUT2D eigenvalue weighted by Crippen LogP contribution is 2.17. The van der Waals surface area contributed by atoms with Crippen molar-refractivity contribution in [3.63, 3.8) is 0 Å². The van der Waals surface area contributed by atoms with Gasteiger partial charge in [0.2, 0.25) is 5.91 Å². The second-order valence-electron chi connectivity index (χ2n) is 7.26. The van der Waals surface area contributed by atoms with E-state index in [1.54, 1.807) is 0 Å². The number of likely N-dealkylation sites (N-methyl/N-ethyl adjacent to an activating group) is 1. The number of hydrogen-bond donors (Lipinski definition) is 0. The molecule has 0 radical (unpaired) electrons. The van der Waals surface area contributed by atoms with Gasteiger partial charge in [-0.05, 0) is 31.2 Å². The molecular weight excluding hydrogens is 374 g/mol. The summed E-state index contributed by atoms with van der Waals surface area (Å²) < 4.78 is 23.2. The van der Waals surface area contributed by atoms with Gasteiger partial charge in [-0.2, -0.15) is 0 Å². The molecule has 1 unspecified atom stereocenters. The van der Waals surface area contributed by atoms with E-state index in [4.69, 9.17) is 11.6 Å². The number of rotatable bonds is 5. The summed E-state index contributed by atoms with van der Waals surface area (Å²) in [5.74, 6) is 0.494. The lowest BCUT2D eigenvalue weighted by atomic mass is 10.2. The minimum absolute atomic E-state index is 0.0323. The number of halogens is 1. The van der Waals surface area contributed by atoms with E-state index in [1.165, 1.54) is 5.56 Å². The summed E-state index contributed by atoms with van der Waals surface area (Å²) in [5.41, 5.74) is 1.22. The first-order valence-corrected chi connectivity index (χ1v) is 11.2. The number of hydrogen-bond acceptors (Lipinski definition) is 5. The molecule has 6 nitrogen and oxygen atoms in total. The van der Waals surface area contributed by atoms with E-state index in [0.717, 1.165) is 24.7 Å². The van der Waals surface area contributed by atoms with E-state index < -0.39 is 9.84 Å². The van der Waals surface area contributed by atoms with Crippen molar-refractivity contribution in [1.82, 2.24) is 14.7 Å². The predicted molar refractivity (Wildman–Crippen MR) is 103 cm³/mol. The van der Waals surface area contributed by atoms with Gasteiger partial charge in [0.25, 0.3) is 0 Å². The van der Waals surface area contributed by atoms with Gasteiger partial charge in [-0.1, -0.05) is 23.7 Å². The first-order chi connectivity index (χ1) is 12.3. The van der Waals surface area contributed by atoms with E-state index in [2.05, 4.69) is 4.90 Å². The maximum Gasteiger partial charge on any atom is 0.236 e. The third-order valence-corrected chi connectivity index (χ3v) is 7.26. The number of carbonyl (C=O) groups excluding carboxylic acids is 1. The lowest BCUT2D eigenvalue weighted by Gasteiger charge is -2.36. The quantitative estimate of drug-likeness (QED) is 0.742. The second kappa shape index (κ2) is 8.25. The Balaban J connectivity index is 1.44. The highest BCUT2D eigenvalue weighted by Gasteiger charge is 2.32. The Hall–Kier alpha value is -1.15. The monoisotopic (exact) mass is 399 g/mol. The zero-order valence-corrected chi connectivity index (χ0v) is 16.7. The Labute approximate surface area is 160 Å². The van der Waals surface area contributed by atoms with Gasteiger partial charge in [0.05, 0.1) is 18.1 Å². The minimum atomic E-state index is -2.92. The Morgan fingerprint density at radius 1 is 1.19 bits per heavy atom. The molecule has 1 amide bonds. The smallest absolute Gasteiger partial charge is 0.236 e.